The molecule has 1 aromatic rings. The van der Waals surface area contributed by atoms with Crippen molar-refractivity contribution in [3.05, 3.63) is 23.2 Å². The van der Waals surface area contributed by atoms with E-state index in [1.165, 1.54) is 0 Å². The molecular formula is C14H20ClN3OS. The first kappa shape index (κ1) is 15.5. The number of amides is 2. The maximum atomic E-state index is 11.9. The highest BCUT2D eigenvalue weighted by Crippen LogP contribution is 2.27. The SMILES string of the molecule is CSc1ccc(NC(=O)NC2CCN(C)CC2)cc1Cl. The summed E-state index contributed by atoms with van der Waals surface area (Å²) in [5.41, 5.74) is 0.721. The number of benzene rings is 1. The molecule has 20 heavy (non-hydrogen) atoms. The quantitative estimate of drug-likeness (QED) is 0.842. The number of urea groups is 1. The van der Waals surface area contributed by atoms with E-state index in [2.05, 4.69) is 22.6 Å². The summed E-state index contributed by atoms with van der Waals surface area (Å²) in [6.07, 6.45) is 3.97. The minimum Gasteiger partial charge on any atom is -0.335 e. The van der Waals surface area contributed by atoms with Crippen LogP contribution in [0, 0.1) is 0 Å². The first-order valence-corrected chi connectivity index (χ1v) is 8.28. The molecule has 2 N–H and O–H groups in total. The van der Waals surface area contributed by atoms with Crippen molar-refractivity contribution in [2.45, 2.75) is 23.8 Å². The van der Waals surface area contributed by atoms with E-state index in [9.17, 15) is 4.79 Å². The summed E-state index contributed by atoms with van der Waals surface area (Å²) in [7, 11) is 2.10. The lowest BCUT2D eigenvalue weighted by atomic mass is 10.1. The van der Waals surface area contributed by atoms with E-state index < -0.39 is 0 Å². The molecule has 1 aliphatic rings. The summed E-state index contributed by atoms with van der Waals surface area (Å²) in [5.74, 6) is 0. The van der Waals surface area contributed by atoms with Gasteiger partial charge in [-0.25, -0.2) is 4.79 Å². The van der Waals surface area contributed by atoms with Gasteiger partial charge in [0.1, 0.15) is 0 Å². The van der Waals surface area contributed by atoms with Gasteiger partial charge in [-0.3, -0.25) is 0 Å². The van der Waals surface area contributed by atoms with Gasteiger partial charge in [0, 0.05) is 16.6 Å². The van der Waals surface area contributed by atoms with Gasteiger partial charge in [-0.05, 0) is 57.4 Å². The van der Waals surface area contributed by atoms with Crippen molar-refractivity contribution in [3.63, 3.8) is 0 Å². The molecule has 0 atom stereocenters. The number of thioether (sulfide) groups is 1. The average molecular weight is 314 g/mol. The van der Waals surface area contributed by atoms with E-state index >= 15 is 0 Å². The summed E-state index contributed by atoms with van der Waals surface area (Å²) in [5, 5.41) is 6.51. The van der Waals surface area contributed by atoms with Crippen molar-refractivity contribution in [1.29, 1.82) is 0 Å². The highest BCUT2D eigenvalue weighted by molar-refractivity contribution is 7.98. The molecule has 2 rings (SSSR count). The lowest BCUT2D eigenvalue weighted by Gasteiger charge is -2.29. The van der Waals surface area contributed by atoms with Gasteiger partial charge in [-0.2, -0.15) is 0 Å². The second-order valence-corrected chi connectivity index (χ2v) is 6.28. The lowest BCUT2D eigenvalue weighted by molar-refractivity contribution is 0.221. The number of nitrogens with zero attached hydrogens (tertiary/aromatic N) is 1. The van der Waals surface area contributed by atoms with Crippen LogP contribution in [0.2, 0.25) is 5.02 Å². The van der Waals surface area contributed by atoms with Crippen molar-refractivity contribution >= 4 is 35.1 Å². The molecule has 1 aromatic carbocycles. The number of carbonyl (C=O) groups is 1. The van der Waals surface area contributed by atoms with Crippen LogP contribution in [0.5, 0.6) is 0 Å². The predicted molar refractivity (Wildman–Crippen MR) is 85.9 cm³/mol. The molecule has 0 aromatic heterocycles. The fourth-order valence-electron chi connectivity index (χ4n) is 2.25. The fourth-order valence-corrected chi connectivity index (χ4v) is 3.12. The van der Waals surface area contributed by atoms with Crippen molar-refractivity contribution in [2.24, 2.45) is 0 Å². The number of piperidine rings is 1. The van der Waals surface area contributed by atoms with Gasteiger partial charge in [0.25, 0.3) is 0 Å². The summed E-state index contributed by atoms with van der Waals surface area (Å²) >= 11 is 7.71. The van der Waals surface area contributed by atoms with E-state index in [0.29, 0.717) is 5.02 Å². The summed E-state index contributed by atoms with van der Waals surface area (Å²) in [6.45, 7) is 2.05. The van der Waals surface area contributed by atoms with Crippen LogP contribution >= 0.6 is 23.4 Å². The monoisotopic (exact) mass is 313 g/mol. The number of carbonyl (C=O) groups excluding carboxylic acids is 1. The molecule has 4 nitrogen and oxygen atoms in total. The Morgan fingerprint density at radius 1 is 1.40 bits per heavy atom. The van der Waals surface area contributed by atoms with Crippen LogP contribution in [-0.4, -0.2) is 43.4 Å². The van der Waals surface area contributed by atoms with Crippen LogP contribution < -0.4 is 10.6 Å². The molecule has 6 heteroatoms. The Bertz CT molecular complexity index is 475. The first-order chi connectivity index (χ1) is 9.58. The smallest absolute Gasteiger partial charge is 0.319 e. The Morgan fingerprint density at radius 3 is 2.70 bits per heavy atom. The number of rotatable bonds is 3. The Kier molecular flexibility index (Phi) is 5.57. The summed E-state index contributed by atoms with van der Waals surface area (Å²) < 4.78 is 0. The zero-order valence-corrected chi connectivity index (χ0v) is 13.4. The van der Waals surface area contributed by atoms with Crippen LogP contribution in [0.15, 0.2) is 23.1 Å². The summed E-state index contributed by atoms with van der Waals surface area (Å²) in [6, 6.07) is 5.66. The number of likely N-dealkylation sites (tertiary alicyclic amines) is 1. The Hall–Kier alpha value is -0.910. The van der Waals surface area contributed by atoms with Gasteiger partial charge in [0.05, 0.1) is 5.02 Å². The fraction of sp³-hybridized carbons (Fsp3) is 0.500. The van der Waals surface area contributed by atoms with E-state index in [0.717, 1.165) is 36.5 Å². The van der Waals surface area contributed by atoms with Crippen molar-refractivity contribution in [1.82, 2.24) is 10.2 Å². The van der Waals surface area contributed by atoms with Crippen LogP contribution in [0.3, 0.4) is 0 Å². The molecule has 1 aliphatic heterocycles. The van der Waals surface area contributed by atoms with Crippen molar-refractivity contribution < 1.29 is 4.79 Å². The number of anilines is 1. The Balaban J connectivity index is 1.86. The molecule has 1 heterocycles. The highest BCUT2D eigenvalue weighted by atomic mass is 35.5. The lowest BCUT2D eigenvalue weighted by Crippen LogP contribution is -2.44. The zero-order chi connectivity index (χ0) is 14.5. The molecule has 110 valence electrons. The maximum Gasteiger partial charge on any atom is 0.319 e. The minimum atomic E-state index is -0.160. The normalized spacial score (nSPS) is 16.9. The van der Waals surface area contributed by atoms with Gasteiger partial charge in [0.2, 0.25) is 0 Å². The van der Waals surface area contributed by atoms with Crippen LogP contribution in [0.1, 0.15) is 12.8 Å². The minimum absolute atomic E-state index is 0.160. The number of hydrogen-bond acceptors (Lipinski definition) is 3. The third-order valence-electron chi connectivity index (χ3n) is 3.46. The highest BCUT2D eigenvalue weighted by Gasteiger charge is 2.18. The number of nitrogens with one attached hydrogen (secondary N) is 2. The van der Waals surface area contributed by atoms with Crippen LogP contribution in [-0.2, 0) is 0 Å². The second-order valence-electron chi connectivity index (χ2n) is 5.03. The molecule has 0 unspecified atom stereocenters. The molecule has 0 aliphatic carbocycles. The van der Waals surface area contributed by atoms with E-state index in [1.807, 2.05) is 18.4 Å². The predicted octanol–water partition coefficient (Wildman–Crippen LogP) is 3.28. The largest absolute Gasteiger partial charge is 0.335 e. The topological polar surface area (TPSA) is 44.4 Å². The van der Waals surface area contributed by atoms with Crippen molar-refractivity contribution in [2.75, 3.05) is 31.7 Å². The summed E-state index contributed by atoms with van der Waals surface area (Å²) in [4.78, 5) is 15.2. The maximum absolute atomic E-state index is 11.9. The van der Waals surface area contributed by atoms with Gasteiger partial charge in [-0.15, -0.1) is 11.8 Å². The van der Waals surface area contributed by atoms with Gasteiger partial charge in [-0.1, -0.05) is 11.6 Å². The number of halogens is 1. The molecule has 0 spiro atoms. The molecule has 0 radical (unpaired) electrons. The Morgan fingerprint density at radius 2 is 2.10 bits per heavy atom. The van der Waals surface area contributed by atoms with E-state index in [-0.39, 0.29) is 12.1 Å². The zero-order valence-electron chi connectivity index (χ0n) is 11.8. The van der Waals surface area contributed by atoms with Crippen molar-refractivity contribution in [3.8, 4) is 0 Å². The second kappa shape index (κ2) is 7.20. The molecule has 2 amide bonds. The Labute approximate surface area is 129 Å². The molecule has 0 bridgehead atoms. The van der Waals surface area contributed by atoms with Gasteiger partial charge < -0.3 is 15.5 Å². The van der Waals surface area contributed by atoms with Crippen LogP contribution in [0.25, 0.3) is 0 Å². The molecule has 1 fully saturated rings. The van der Waals surface area contributed by atoms with Gasteiger partial charge in [0.15, 0.2) is 0 Å². The average Bonchev–Trinajstić information content (AvgIpc) is 2.41. The van der Waals surface area contributed by atoms with Gasteiger partial charge >= 0.3 is 6.03 Å². The molecule has 0 saturated carbocycles. The molecule has 1 saturated heterocycles. The third-order valence-corrected chi connectivity index (χ3v) is 4.68. The first-order valence-electron chi connectivity index (χ1n) is 6.68. The number of hydrogen-bond donors (Lipinski definition) is 2. The standard InChI is InChI=1S/C14H20ClN3OS/c1-18-7-5-10(6-8-18)16-14(19)17-11-3-4-13(20-2)12(15)9-11/h3-4,9-10H,5-8H2,1-2H3,(H2,16,17,19). The third kappa shape index (κ3) is 4.30. The van der Waals surface area contributed by atoms with E-state index in [1.54, 1.807) is 17.8 Å². The van der Waals surface area contributed by atoms with E-state index in [4.69, 9.17) is 11.6 Å². The molecular weight excluding hydrogens is 294 g/mol. The van der Waals surface area contributed by atoms with Crippen LogP contribution in [0.4, 0.5) is 10.5 Å².